The van der Waals surface area contributed by atoms with E-state index in [4.69, 9.17) is 33.9 Å². The van der Waals surface area contributed by atoms with E-state index in [-0.39, 0.29) is 10.9 Å². The van der Waals surface area contributed by atoms with Crippen LogP contribution in [0.5, 0.6) is 0 Å². The van der Waals surface area contributed by atoms with Crippen molar-refractivity contribution in [2.24, 2.45) is 0 Å². The Hall–Kier alpha value is -3.38. The molecule has 0 aliphatic carbocycles. The lowest BCUT2D eigenvalue weighted by molar-refractivity contribution is 0.103. The first-order chi connectivity index (χ1) is 16.4. The average molecular weight is 504 g/mol. The summed E-state index contributed by atoms with van der Waals surface area (Å²) in [5, 5.41) is 4.23. The number of nitrogens with zero attached hydrogens (tertiary/aromatic N) is 1. The van der Waals surface area contributed by atoms with Crippen LogP contribution in [0.25, 0.3) is 32.6 Å². The van der Waals surface area contributed by atoms with Crippen LogP contribution >= 0.6 is 34.5 Å². The highest BCUT2D eigenvalue weighted by atomic mass is 35.5. The second kappa shape index (κ2) is 9.11. The van der Waals surface area contributed by atoms with E-state index in [2.05, 4.69) is 17.4 Å². The predicted molar refractivity (Wildman–Crippen MR) is 144 cm³/mol. The molecule has 5 aromatic rings. The highest BCUT2D eigenvalue weighted by Gasteiger charge is 2.22. The van der Waals surface area contributed by atoms with Gasteiger partial charge in [0.1, 0.15) is 9.71 Å². The minimum Gasteiger partial charge on any atom is -0.397 e. The van der Waals surface area contributed by atoms with E-state index in [0.717, 1.165) is 27.8 Å². The molecule has 4 nitrogen and oxygen atoms in total. The van der Waals surface area contributed by atoms with Crippen molar-refractivity contribution in [3.8, 4) is 22.4 Å². The number of hydrogen-bond donors (Lipinski definition) is 2. The number of amides is 1. The topological polar surface area (TPSA) is 68.0 Å². The van der Waals surface area contributed by atoms with E-state index < -0.39 is 0 Å². The van der Waals surface area contributed by atoms with E-state index >= 15 is 0 Å². The quantitative estimate of drug-likeness (QED) is 0.260. The highest BCUT2D eigenvalue weighted by Crippen LogP contribution is 2.42. The van der Waals surface area contributed by atoms with Crippen LogP contribution in [0.1, 0.15) is 15.2 Å². The van der Waals surface area contributed by atoms with Crippen LogP contribution in [0.15, 0.2) is 78.9 Å². The Morgan fingerprint density at radius 1 is 0.941 bits per heavy atom. The number of carbonyl (C=O) groups excluding carboxylic acids is 1. The molecule has 3 aromatic carbocycles. The van der Waals surface area contributed by atoms with Gasteiger partial charge in [0.25, 0.3) is 5.91 Å². The molecule has 5 rings (SSSR count). The average Bonchev–Trinajstić information content (AvgIpc) is 3.19. The molecule has 0 radical (unpaired) electrons. The van der Waals surface area contributed by atoms with Gasteiger partial charge in [-0.3, -0.25) is 4.79 Å². The molecule has 0 aliphatic heterocycles. The van der Waals surface area contributed by atoms with Crippen molar-refractivity contribution < 1.29 is 4.79 Å². The number of halogens is 2. The second-order valence-corrected chi connectivity index (χ2v) is 9.65. The summed E-state index contributed by atoms with van der Waals surface area (Å²) in [6.45, 7) is 2.05. The van der Waals surface area contributed by atoms with Gasteiger partial charge in [0.15, 0.2) is 0 Å². The van der Waals surface area contributed by atoms with Crippen LogP contribution in [0.2, 0.25) is 10.0 Å². The van der Waals surface area contributed by atoms with Crippen molar-refractivity contribution in [1.29, 1.82) is 0 Å². The Bertz CT molecular complexity index is 1530. The third kappa shape index (κ3) is 4.14. The summed E-state index contributed by atoms with van der Waals surface area (Å²) in [5.41, 5.74) is 12.3. The van der Waals surface area contributed by atoms with Crippen molar-refractivity contribution in [2.45, 2.75) is 6.92 Å². The molecular weight excluding hydrogens is 485 g/mol. The number of rotatable bonds is 4. The highest BCUT2D eigenvalue weighted by molar-refractivity contribution is 7.21. The van der Waals surface area contributed by atoms with E-state index in [0.29, 0.717) is 26.1 Å². The van der Waals surface area contributed by atoms with E-state index in [1.54, 1.807) is 18.2 Å². The normalized spacial score (nSPS) is 11.0. The molecule has 0 spiro atoms. The number of thiophene rings is 1. The molecule has 0 aliphatic rings. The van der Waals surface area contributed by atoms with Crippen molar-refractivity contribution in [3.63, 3.8) is 0 Å². The third-order valence-electron chi connectivity index (χ3n) is 5.54. The lowest BCUT2D eigenvalue weighted by Gasteiger charge is -2.09. The molecule has 0 saturated carbocycles. The van der Waals surface area contributed by atoms with Crippen LogP contribution in [-0.4, -0.2) is 10.9 Å². The fourth-order valence-electron chi connectivity index (χ4n) is 3.79. The molecule has 7 heteroatoms. The minimum atomic E-state index is -0.361. The van der Waals surface area contributed by atoms with Gasteiger partial charge in [-0.15, -0.1) is 11.3 Å². The van der Waals surface area contributed by atoms with Gasteiger partial charge in [-0.2, -0.15) is 0 Å². The molecule has 2 aromatic heterocycles. The number of benzene rings is 3. The molecule has 0 bridgehead atoms. The second-order valence-electron chi connectivity index (χ2n) is 7.87. The summed E-state index contributed by atoms with van der Waals surface area (Å²) in [4.78, 5) is 19.1. The first-order valence-corrected chi connectivity index (χ1v) is 12.1. The van der Waals surface area contributed by atoms with Gasteiger partial charge < -0.3 is 11.1 Å². The fraction of sp³-hybridized carbons (Fsp3) is 0.0370. The maximum absolute atomic E-state index is 13.2. The SMILES string of the molecule is Cc1ccc(-c2cc(-c3ccccc3)c3c(N)c(C(=O)Nc4cccc(Cl)c4Cl)sc3n2)cc1. The lowest BCUT2D eigenvalue weighted by Crippen LogP contribution is -2.12. The van der Waals surface area contributed by atoms with E-state index in [9.17, 15) is 4.79 Å². The lowest BCUT2D eigenvalue weighted by atomic mass is 9.99. The standard InChI is InChI=1S/C27H19Cl2N3OS/c1-15-10-12-17(13-11-15)21-14-18(16-6-3-2-4-7-16)22-24(30)25(34-27(22)32-21)26(33)31-20-9-5-8-19(28)23(20)29/h2-14H,30H2,1H3,(H,31,33). The summed E-state index contributed by atoms with van der Waals surface area (Å²) in [5.74, 6) is -0.361. The summed E-state index contributed by atoms with van der Waals surface area (Å²) in [6.07, 6.45) is 0. The van der Waals surface area contributed by atoms with Gasteiger partial charge in [-0.25, -0.2) is 4.98 Å². The van der Waals surface area contributed by atoms with Gasteiger partial charge in [0, 0.05) is 10.9 Å². The molecule has 3 N–H and O–H groups in total. The zero-order valence-electron chi connectivity index (χ0n) is 18.1. The van der Waals surface area contributed by atoms with Gasteiger partial charge in [0.2, 0.25) is 0 Å². The fourth-order valence-corrected chi connectivity index (χ4v) is 5.15. The maximum Gasteiger partial charge on any atom is 0.267 e. The molecule has 0 unspecified atom stereocenters. The Morgan fingerprint density at radius 3 is 2.41 bits per heavy atom. The number of anilines is 2. The number of pyridine rings is 1. The Balaban J connectivity index is 1.67. The number of fused-ring (bicyclic) bond motifs is 1. The van der Waals surface area contributed by atoms with Crippen molar-refractivity contribution in [2.75, 3.05) is 11.1 Å². The summed E-state index contributed by atoms with van der Waals surface area (Å²) >= 11 is 13.6. The molecular formula is C27H19Cl2N3OS. The van der Waals surface area contributed by atoms with Crippen LogP contribution in [-0.2, 0) is 0 Å². The maximum atomic E-state index is 13.2. The number of hydrogen-bond acceptors (Lipinski definition) is 4. The molecule has 0 saturated heterocycles. The minimum absolute atomic E-state index is 0.280. The van der Waals surface area contributed by atoms with Gasteiger partial charge in [0.05, 0.1) is 27.1 Å². The molecule has 0 atom stereocenters. The Labute approximate surface area is 211 Å². The Kier molecular flexibility index (Phi) is 6.00. The van der Waals surface area contributed by atoms with Crippen molar-refractivity contribution >= 4 is 62.0 Å². The zero-order chi connectivity index (χ0) is 23.8. The number of carbonyl (C=O) groups is 1. The van der Waals surface area contributed by atoms with Crippen LogP contribution < -0.4 is 11.1 Å². The number of nitrogen functional groups attached to an aromatic ring is 1. The summed E-state index contributed by atoms with van der Waals surface area (Å²) in [7, 11) is 0. The van der Waals surface area contributed by atoms with Crippen molar-refractivity contribution in [3.05, 3.63) is 99.3 Å². The first-order valence-electron chi connectivity index (χ1n) is 10.5. The summed E-state index contributed by atoms with van der Waals surface area (Å²) in [6, 6.07) is 25.3. The molecule has 1 amide bonds. The predicted octanol–water partition coefficient (Wildman–Crippen LogP) is 8.08. The van der Waals surface area contributed by atoms with Crippen molar-refractivity contribution in [1.82, 2.24) is 4.98 Å². The van der Waals surface area contributed by atoms with Gasteiger partial charge in [-0.1, -0.05) is 89.4 Å². The van der Waals surface area contributed by atoms with E-state index in [1.807, 2.05) is 55.5 Å². The number of nitrogens with one attached hydrogen (secondary N) is 1. The number of aryl methyl sites for hydroxylation is 1. The van der Waals surface area contributed by atoms with Crippen LogP contribution in [0.4, 0.5) is 11.4 Å². The smallest absolute Gasteiger partial charge is 0.267 e. The number of aromatic nitrogens is 1. The Morgan fingerprint density at radius 2 is 1.68 bits per heavy atom. The zero-order valence-corrected chi connectivity index (χ0v) is 20.4. The van der Waals surface area contributed by atoms with Crippen LogP contribution in [0, 0.1) is 6.92 Å². The van der Waals surface area contributed by atoms with Gasteiger partial charge >= 0.3 is 0 Å². The summed E-state index contributed by atoms with van der Waals surface area (Å²) < 4.78 is 0. The molecule has 34 heavy (non-hydrogen) atoms. The largest absolute Gasteiger partial charge is 0.397 e. The third-order valence-corrected chi connectivity index (χ3v) is 7.45. The van der Waals surface area contributed by atoms with Gasteiger partial charge in [-0.05, 0) is 36.2 Å². The number of nitrogens with two attached hydrogens (primary N) is 1. The molecule has 0 fully saturated rings. The van der Waals surface area contributed by atoms with E-state index in [1.165, 1.54) is 16.9 Å². The first kappa shape index (κ1) is 22.4. The monoisotopic (exact) mass is 503 g/mol. The van der Waals surface area contributed by atoms with Crippen LogP contribution in [0.3, 0.4) is 0 Å². The molecule has 2 heterocycles. The molecule has 168 valence electrons.